The lowest BCUT2D eigenvalue weighted by Crippen LogP contribution is -2.22. The first-order valence-electron chi connectivity index (χ1n) is 4.67. The molecule has 4 nitrogen and oxygen atoms in total. The third-order valence-electron chi connectivity index (χ3n) is 2.15. The van der Waals surface area contributed by atoms with Crippen molar-refractivity contribution in [2.75, 3.05) is 13.2 Å². The van der Waals surface area contributed by atoms with Crippen LogP contribution < -0.4 is 5.32 Å². The van der Waals surface area contributed by atoms with Gasteiger partial charge < -0.3 is 10.1 Å². The van der Waals surface area contributed by atoms with Crippen LogP contribution in [0.3, 0.4) is 0 Å². The van der Waals surface area contributed by atoms with Crippen LogP contribution >= 0.6 is 0 Å². The summed E-state index contributed by atoms with van der Waals surface area (Å²) in [5.41, 5.74) is 0. The van der Waals surface area contributed by atoms with E-state index in [0.717, 1.165) is 0 Å². The van der Waals surface area contributed by atoms with Gasteiger partial charge in [0.15, 0.2) is 0 Å². The molecule has 0 aromatic rings. The van der Waals surface area contributed by atoms with E-state index >= 15 is 0 Å². The van der Waals surface area contributed by atoms with Crippen LogP contribution in [-0.2, 0) is 14.3 Å². The Morgan fingerprint density at radius 3 is 3.08 bits per heavy atom. The first-order chi connectivity index (χ1) is 6.24. The van der Waals surface area contributed by atoms with Gasteiger partial charge in [-0.05, 0) is 19.8 Å². The lowest BCUT2D eigenvalue weighted by atomic mass is 10.0. The molecule has 4 heteroatoms. The van der Waals surface area contributed by atoms with Crippen LogP contribution in [0.4, 0.5) is 0 Å². The third-order valence-corrected chi connectivity index (χ3v) is 2.15. The molecule has 0 bridgehead atoms. The Bertz CT molecular complexity index is 203. The van der Waals surface area contributed by atoms with E-state index in [2.05, 4.69) is 5.32 Å². The Labute approximate surface area is 77.6 Å². The summed E-state index contributed by atoms with van der Waals surface area (Å²) < 4.78 is 4.89. The van der Waals surface area contributed by atoms with Crippen molar-refractivity contribution in [3.05, 3.63) is 0 Å². The normalized spacial score (nSPS) is 23.2. The molecule has 0 aliphatic carbocycles. The highest BCUT2D eigenvalue weighted by atomic mass is 16.5. The molecular weight excluding hydrogens is 170 g/mol. The van der Waals surface area contributed by atoms with Gasteiger partial charge in [0.05, 0.1) is 12.5 Å². The molecular formula is C9H15NO3. The van der Waals surface area contributed by atoms with Gasteiger partial charge in [-0.3, -0.25) is 9.59 Å². The number of hydrogen-bond acceptors (Lipinski definition) is 3. The van der Waals surface area contributed by atoms with Crippen LogP contribution in [0.1, 0.15) is 26.2 Å². The van der Waals surface area contributed by atoms with Crippen molar-refractivity contribution in [1.82, 2.24) is 5.32 Å². The van der Waals surface area contributed by atoms with E-state index in [-0.39, 0.29) is 17.8 Å². The number of hydrogen-bond donors (Lipinski definition) is 1. The fraction of sp³-hybridized carbons (Fsp3) is 0.778. The highest BCUT2D eigenvalue weighted by Gasteiger charge is 2.23. The standard InChI is InChI=1S/C9H15NO3/c1-2-13-9(12)7-3-4-8(11)10-6-5-7/h7H,2-6H2,1H3,(H,10,11)/t7-/m0/s1. The van der Waals surface area contributed by atoms with Crippen LogP contribution in [0.25, 0.3) is 0 Å². The van der Waals surface area contributed by atoms with E-state index in [1.165, 1.54) is 0 Å². The molecule has 1 amide bonds. The third kappa shape index (κ3) is 3.05. The van der Waals surface area contributed by atoms with Crippen molar-refractivity contribution in [2.24, 2.45) is 5.92 Å². The molecule has 1 aliphatic rings. The molecule has 1 saturated heterocycles. The summed E-state index contributed by atoms with van der Waals surface area (Å²) in [5.74, 6) is -0.232. The van der Waals surface area contributed by atoms with E-state index in [0.29, 0.717) is 32.4 Å². The Balaban J connectivity index is 2.41. The SMILES string of the molecule is CCOC(=O)[C@@H]1CCNC(=O)CC1. The molecule has 1 aliphatic heterocycles. The molecule has 1 fully saturated rings. The Morgan fingerprint density at radius 1 is 1.62 bits per heavy atom. The van der Waals surface area contributed by atoms with E-state index in [1.807, 2.05) is 0 Å². The van der Waals surface area contributed by atoms with Crippen molar-refractivity contribution in [2.45, 2.75) is 26.2 Å². The maximum atomic E-state index is 11.3. The second kappa shape index (κ2) is 4.84. The monoisotopic (exact) mass is 185 g/mol. The first-order valence-corrected chi connectivity index (χ1v) is 4.67. The highest BCUT2D eigenvalue weighted by Crippen LogP contribution is 2.15. The van der Waals surface area contributed by atoms with Crippen LogP contribution in [0.15, 0.2) is 0 Å². The number of carbonyl (C=O) groups excluding carboxylic acids is 2. The van der Waals surface area contributed by atoms with Crippen molar-refractivity contribution < 1.29 is 14.3 Å². The van der Waals surface area contributed by atoms with Gasteiger partial charge in [-0.25, -0.2) is 0 Å². The summed E-state index contributed by atoms with van der Waals surface area (Å²) in [6.07, 6.45) is 1.75. The van der Waals surface area contributed by atoms with Gasteiger partial charge in [0.25, 0.3) is 0 Å². The molecule has 1 atom stereocenters. The van der Waals surface area contributed by atoms with Gasteiger partial charge in [-0.2, -0.15) is 0 Å². The topological polar surface area (TPSA) is 55.4 Å². The fourth-order valence-electron chi connectivity index (χ4n) is 1.42. The summed E-state index contributed by atoms with van der Waals surface area (Å²) in [6, 6.07) is 0. The van der Waals surface area contributed by atoms with Gasteiger partial charge in [-0.1, -0.05) is 0 Å². The number of ether oxygens (including phenoxy) is 1. The molecule has 0 aromatic carbocycles. The fourth-order valence-corrected chi connectivity index (χ4v) is 1.42. The van der Waals surface area contributed by atoms with Gasteiger partial charge in [0, 0.05) is 13.0 Å². The zero-order chi connectivity index (χ0) is 9.68. The minimum absolute atomic E-state index is 0.0341. The average Bonchev–Trinajstić information content (AvgIpc) is 2.30. The number of esters is 1. The van der Waals surface area contributed by atoms with Crippen LogP contribution in [-0.4, -0.2) is 25.0 Å². The number of amides is 1. The minimum Gasteiger partial charge on any atom is -0.466 e. The predicted octanol–water partition coefficient (Wildman–Crippen LogP) is 0.466. The molecule has 1 rings (SSSR count). The zero-order valence-electron chi connectivity index (χ0n) is 7.84. The van der Waals surface area contributed by atoms with Gasteiger partial charge >= 0.3 is 5.97 Å². The van der Waals surface area contributed by atoms with E-state index < -0.39 is 0 Å². The Kier molecular flexibility index (Phi) is 3.73. The molecule has 74 valence electrons. The Hall–Kier alpha value is -1.06. The number of nitrogens with one attached hydrogen (secondary N) is 1. The van der Waals surface area contributed by atoms with Gasteiger partial charge in [0.1, 0.15) is 0 Å². The predicted molar refractivity (Wildman–Crippen MR) is 47.0 cm³/mol. The second-order valence-electron chi connectivity index (χ2n) is 3.13. The lowest BCUT2D eigenvalue weighted by molar-refractivity contribution is -0.148. The lowest BCUT2D eigenvalue weighted by Gasteiger charge is -2.10. The molecule has 0 spiro atoms. The summed E-state index contributed by atoms with van der Waals surface area (Å²) in [5, 5.41) is 2.72. The first kappa shape index (κ1) is 10.0. The number of carbonyl (C=O) groups is 2. The minimum atomic E-state index is -0.168. The highest BCUT2D eigenvalue weighted by molar-refractivity contribution is 5.78. The summed E-state index contributed by atoms with van der Waals surface area (Å²) in [7, 11) is 0. The molecule has 0 radical (unpaired) electrons. The maximum Gasteiger partial charge on any atom is 0.308 e. The van der Waals surface area contributed by atoms with E-state index in [1.54, 1.807) is 6.92 Å². The molecule has 0 unspecified atom stereocenters. The smallest absolute Gasteiger partial charge is 0.308 e. The molecule has 1 N–H and O–H groups in total. The quantitative estimate of drug-likeness (QED) is 0.636. The molecule has 1 heterocycles. The van der Waals surface area contributed by atoms with Crippen molar-refractivity contribution >= 4 is 11.9 Å². The average molecular weight is 185 g/mol. The Morgan fingerprint density at radius 2 is 2.38 bits per heavy atom. The van der Waals surface area contributed by atoms with Crippen LogP contribution in [0, 0.1) is 5.92 Å². The largest absolute Gasteiger partial charge is 0.466 e. The van der Waals surface area contributed by atoms with E-state index in [4.69, 9.17) is 4.74 Å². The number of rotatable bonds is 2. The zero-order valence-corrected chi connectivity index (χ0v) is 7.84. The molecule has 0 aromatic heterocycles. The summed E-state index contributed by atoms with van der Waals surface area (Å²) in [4.78, 5) is 22.2. The molecule has 0 saturated carbocycles. The second-order valence-corrected chi connectivity index (χ2v) is 3.13. The van der Waals surface area contributed by atoms with Crippen molar-refractivity contribution in [3.63, 3.8) is 0 Å². The van der Waals surface area contributed by atoms with Crippen LogP contribution in [0.5, 0.6) is 0 Å². The van der Waals surface area contributed by atoms with Gasteiger partial charge in [-0.15, -0.1) is 0 Å². The van der Waals surface area contributed by atoms with Crippen LogP contribution in [0.2, 0.25) is 0 Å². The van der Waals surface area contributed by atoms with E-state index in [9.17, 15) is 9.59 Å². The van der Waals surface area contributed by atoms with Gasteiger partial charge in [0.2, 0.25) is 5.91 Å². The summed E-state index contributed by atoms with van der Waals surface area (Å²) >= 11 is 0. The molecule has 13 heavy (non-hydrogen) atoms. The maximum absolute atomic E-state index is 11.3. The van der Waals surface area contributed by atoms with Crippen molar-refractivity contribution in [3.8, 4) is 0 Å². The summed E-state index contributed by atoms with van der Waals surface area (Å²) in [6.45, 7) is 2.79. The van der Waals surface area contributed by atoms with Crippen molar-refractivity contribution in [1.29, 1.82) is 0 Å².